The molecule has 0 amide bonds. The Kier molecular flexibility index (Phi) is 5.44. The summed E-state index contributed by atoms with van der Waals surface area (Å²) >= 11 is 6.49. The molecule has 0 aliphatic heterocycles. The number of hydrogen-bond acceptors (Lipinski definition) is 4. The van der Waals surface area contributed by atoms with E-state index in [4.69, 9.17) is 21.4 Å². The van der Waals surface area contributed by atoms with Gasteiger partial charge in [0.05, 0.1) is 21.6 Å². The maximum atomic E-state index is 11.3. The molecule has 3 N–H and O–H groups in total. The van der Waals surface area contributed by atoms with Crippen LogP contribution in [0.5, 0.6) is 11.8 Å². The van der Waals surface area contributed by atoms with E-state index in [0.717, 1.165) is 16.7 Å². The lowest BCUT2D eigenvalue weighted by molar-refractivity contribution is 0.0695. The van der Waals surface area contributed by atoms with Crippen molar-refractivity contribution in [3.8, 4) is 22.9 Å². The number of rotatable bonds is 6. The van der Waals surface area contributed by atoms with Crippen molar-refractivity contribution in [3.63, 3.8) is 0 Å². The summed E-state index contributed by atoms with van der Waals surface area (Å²) in [5.74, 6) is -0.633. The van der Waals surface area contributed by atoms with Crippen LogP contribution in [0.2, 0.25) is 5.02 Å². The Morgan fingerprint density at radius 3 is 2.60 bits per heavy atom. The van der Waals surface area contributed by atoms with Crippen molar-refractivity contribution in [3.05, 3.63) is 76.3 Å². The summed E-state index contributed by atoms with van der Waals surface area (Å²) in [5, 5.41) is 18.9. The summed E-state index contributed by atoms with van der Waals surface area (Å²) in [6.07, 6.45) is 0.607. The molecule has 0 aliphatic rings. The molecular formula is C23H19ClN2O4. The number of nitrogens with one attached hydrogen (secondary N) is 1. The van der Waals surface area contributed by atoms with E-state index < -0.39 is 5.97 Å². The molecule has 152 valence electrons. The lowest BCUT2D eigenvalue weighted by Gasteiger charge is -2.06. The second-order valence-corrected chi connectivity index (χ2v) is 7.35. The van der Waals surface area contributed by atoms with Gasteiger partial charge >= 0.3 is 5.97 Å². The first-order chi connectivity index (χ1) is 14.4. The third-order valence-corrected chi connectivity index (χ3v) is 5.18. The normalized spacial score (nSPS) is 11.0. The van der Waals surface area contributed by atoms with Gasteiger partial charge in [0.1, 0.15) is 5.75 Å². The highest BCUT2D eigenvalue weighted by molar-refractivity contribution is 6.34. The van der Waals surface area contributed by atoms with Gasteiger partial charge in [0.15, 0.2) is 0 Å². The number of halogens is 1. The Balaban J connectivity index is 1.65. The molecular weight excluding hydrogens is 404 g/mol. The van der Waals surface area contributed by atoms with Crippen LogP contribution in [0.4, 0.5) is 0 Å². The van der Waals surface area contributed by atoms with Crippen molar-refractivity contribution < 1.29 is 19.7 Å². The Labute approximate surface area is 177 Å². The van der Waals surface area contributed by atoms with Gasteiger partial charge in [0.2, 0.25) is 0 Å². The zero-order valence-corrected chi connectivity index (χ0v) is 16.9. The molecule has 0 spiro atoms. The van der Waals surface area contributed by atoms with Gasteiger partial charge in [0, 0.05) is 12.2 Å². The number of aryl methyl sites for hydroxylation is 1. The van der Waals surface area contributed by atoms with Crippen LogP contribution < -0.4 is 4.74 Å². The van der Waals surface area contributed by atoms with Gasteiger partial charge in [-0.25, -0.2) is 4.79 Å². The highest BCUT2D eigenvalue weighted by Gasteiger charge is 2.13. The van der Waals surface area contributed by atoms with Gasteiger partial charge in [-0.1, -0.05) is 41.9 Å². The van der Waals surface area contributed by atoms with Crippen LogP contribution in [0.1, 0.15) is 21.5 Å². The van der Waals surface area contributed by atoms with Gasteiger partial charge in [-0.3, -0.25) is 0 Å². The van der Waals surface area contributed by atoms with Crippen molar-refractivity contribution in [1.82, 2.24) is 9.97 Å². The molecule has 1 aromatic heterocycles. The van der Waals surface area contributed by atoms with E-state index in [1.165, 1.54) is 6.07 Å². The molecule has 0 atom stereocenters. The fraction of sp³-hybridized carbons (Fsp3) is 0.130. The third-order valence-electron chi connectivity index (χ3n) is 4.87. The lowest BCUT2D eigenvalue weighted by atomic mass is 10.0. The second kappa shape index (κ2) is 8.18. The van der Waals surface area contributed by atoms with Crippen molar-refractivity contribution in [2.24, 2.45) is 0 Å². The van der Waals surface area contributed by atoms with E-state index in [9.17, 15) is 9.90 Å². The van der Waals surface area contributed by atoms with Crippen LogP contribution >= 0.6 is 11.6 Å². The van der Waals surface area contributed by atoms with Crippen molar-refractivity contribution in [2.45, 2.75) is 13.3 Å². The Bertz CT molecular complexity index is 1230. The average Bonchev–Trinajstić information content (AvgIpc) is 3.10. The topological polar surface area (TPSA) is 95.4 Å². The summed E-state index contributed by atoms with van der Waals surface area (Å²) in [4.78, 5) is 18.9. The van der Waals surface area contributed by atoms with Crippen LogP contribution in [-0.2, 0) is 6.42 Å². The fourth-order valence-electron chi connectivity index (χ4n) is 3.26. The Hall–Kier alpha value is -3.35. The number of imidazole rings is 1. The monoisotopic (exact) mass is 422 g/mol. The molecule has 4 aromatic rings. The molecule has 0 unspecified atom stereocenters. The predicted octanol–water partition coefficient (Wildman–Crippen LogP) is 5.22. The van der Waals surface area contributed by atoms with E-state index >= 15 is 0 Å². The molecule has 6 nitrogen and oxygen atoms in total. The van der Waals surface area contributed by atoms with Gasteiger partial charge in [0.25, 0.3) is 6.01 Å². The second-order valence-electron chi connectivity index (χ2n) is 6.95. The molecule has 0 saturated heterocycles. The average molecular weight is 423 g/mol. The molecule has 30 heavy (non-hydrogen) atoms. The zero-order chi connectivity index (χ0) is 21.3. The van der Waals surface area contributed by atoms with Crippen molar-refractivity contribution >= 4 is 28.6 Å². The van der Waals surface area contributed by atoms with E-state index in [-0.39, 0.29) is 18.2 Å². The fourth-order valence-corrected chi connectivity index (χ4v) is 3.54. The number of nitrogens with zero attached hydrogens (tertiary/aromatic N) is 1. The van der Waals surface area contributed by atoms with Gasteiger partial charge < -0.3 is 19.9 Å². The van der Waals surface area contributed by atoms with Crippen molar-refractivity contribution in [2.75, 3.05) is 6.61 Å². The first-order valence-corrected chi connectivity index (χ1v) is 9.73. The lowest BCUT2D eigenvalue weighted by Crippen LogP contribution is -2.00. The quantitative estimate of drug-likeness (QED) is 0.396. The summed E-state index contributed by atoms with van der Waals surface area (Å²) in [6, 6.07) is 16.6. The Morgan fingerprint density at radius 1 is 1.13 bits per heavy atom. The SMILES string of the molecule is Cc1ccc(Oc2nc3cc(-c4ccc(CCO)cc4)c(Cl)cc3[nH]2)cc1C(=O)O. The molecule has 0 bridgehead atoms. The van der Waals surface area contributed by atoms with Crippen LogP contribution in [0.25, 0.3) is 22.2 Å². The number of aromatic carboxylic acids is 1. The number of aliphatic hydroxyl groups is 1. The highest BCUT2D eigenvalue weighted by atomic mass is 35.5. The minimum absolute atomic E-state index is 0.108. The van der Waals surface area contributed by atoms with Gasteiger partial charge in [-0.2, -0.15) is 4.98 Å². The smallest absolute Gasteiger partial charge is 0.336 e. The molecule has 1 heterocycles. The summed E-state index contributed by atoms with van der Waals surface area (Å²) < 4.78 is 5.74. The maximum Gasteiger partial charge on any atom is 0.336 e. The van der Waals surface area contributed by atoms with E-state index in [1.807, 2.05) is 30.3 Å². The number of hydrogen-bond donors (Lipinski definition) is 3. The highest BCUT2D eigenvalue weighted by Crippen LogP contribution is 2.33. The minimum Gasteiger partial charge on any atom is -0.478 e. The number of carboxylic acid groups (broad SMARTS) is 1. The molecule has 0 aliphatic carbocycles. The predicted molar refractivity (Wildman–Crippen MR) is 116 cm³/mol. The number of aliphatic hydroxyl groups excluding tert-OH is 1. The van der Waals surface area contributed by atoms with E-state index in [1.54, 1.807) is 25.1 Å². The van der Waals surface area contributed by atoms with E-state index in [2.05, 4.69) is 9.97 Å². The Morgan fingerprint density at radius 2 is 1.90 bits per heavy atom. The first-order valence-electron chi connectivity index (χ1n) is 9.36. The standard InChI is InChI=1S/C23H19ClN2O4/c1-13-2-7-16(10-17(13)22(28)29)30-23-25-20-11-18(19(24)12-21(20)26-23)15-5-3-14(4-6-15)8-9-27/h2-7,10-12,27H,8-9H2,1H3,(H,25,26)(H,28,29). The number of benzene rings is 3. The summed E-state index contributed by atoms with van der Waals surface area (Å²) in [7, 11) is 0. The molecule has 0 fully saturated rings. The van der Waals surface area contributed by atoms with Crippen LogP contribution in [0, 0.1) is 6.92 Å². The van der Waals surface area contributed by atoms with Gasteiger partial charge in [-0.05, 0) is 54.3 Å². The van der Waals surface area contributed by atoms with Crippen LogP contribution in [0.3, 0.4) is 0 Å². The van der Waals surface area contributed by atoms with Gasteiger partial charge in [-0.15, -0.1) is 0 Å². The largest absolute Gasteiger partial charge is 0.478 e. The number of carbonyl (C=O) groups is 1. The molecule has 0 saturated carbocycles. The molecule has 0 radical (unpaired) electrons. The van der Waals surface area contributed by atoms with Crippen LogP contribution in [-0.4, -0.2) is 32.8 Å². The number of aromatic nitrogens is 2. The summed E-state index contributed by atoms with van der Waals surface area (Å²) in [5.41, 5.74) is 5.04. The van der Waals surface area contributed by atoms with Crippen LogP contribution in [0.15, 0.2) is 54.6 Å². The van der Waals surface area contributed by atoms with Crippen molar-refractivity contribution in [1.29, 1.82) is 0 Å². The maximum absolute atomic E-state index is 11.3. The number of fused-ring (bicyclic) bond motifs is 1. The van der Waals surface area contributed by atoms with E-state index in [0.29, 0.717) is 33.8 Å². The number of H-pyrrole nitrogens is 1. The molecule has 7 heteroatoms. The number of carboxylic acids is 1. The minimum atomic E-state index is -1.01. The number of ether oxygens (including phenoxy) is 1. The zero-order valence-electron chi connectivity index (χ0n) is 16.1. The molecule has 4 rings (SSSR count). The third kappa shape index (κ3) is 4.01. The summed E-state index contributed by atoms with van der Waals surface area (Å²) in [6.45, 7) is 1.84. The number of aromatic amines is 1. The first kappa shape index (κ1) is 19.9. The molecule has 3 aromatic carbocycles.